The highest BCUT2D eigenvalue weighted by Gasteiger charge is 2.60. The fourth-order valence-electron chi connectivity index (χ4n) is 3.89. The van der Waals surface area contributed by atoms with Crippen LogP contribution in [0.1, 0.15) is 30.6 Å². The Labute approximate surface area is 174 Å². The second kappa shape index (κ2) is 7.76. The van der Waals surface area contributed by atoms with Gasteiger partial charge in [0.05, 0.1) is 22.6 Å². The van der Waals surface area contributed by atoms with E-state index >= 15 is 0 Å². The van der Waals surface area contributed by atoms with Crippen LogP contribution < -0.4 is 0 Å². The first kappa shape index (κ1) is 19.3. The van der Waals surface area contributed by atoms with Gasteiger partial charge in [-0.25, -0.2) is 4.79 Å². The number of nitriles is 1. The van der Waals surface area contributed by atoms with Gasteiger partial charge in [-0.1, -0.05) is 66.7 Å². The van der Waals surface area contributed by atoms with Gasteiger partial charge >= 0.3 is 5.97 Å². The zero-order valence-corrected chi connectivity index (χ0v) is 16.7. The maximum absolute atomic E-state index is 13.4. The molecule has 146 valence electrons. The second-order valence-corrected chi connectivity index (χ2v) is 8.92. The molecular weight excluding hydrogens is 384 g/mol. The van der Waals surface area contributed by atoms with Gasteiger partial charge in [0.15, 0.2) is 6.10 Å². The average Bonchev–Trinajstić information content (AvgIpc) is 2.99. The molecule has 1 amide bonds. The molecule has 2 aromatic carbocycles. The Morgan fingerprint density at radius 3 is 2.31 bits per heavy atom. The van der Waals surface area contributed by atoms with Crippen molar-refractivity contribution in [2.24, 2.45) is 0 Å². The predicted molar refractivity (Wildman–Crippen MR) is 111 cm³/mol. The van der Waals surface area contributed by atoms with E-state index in [1.165, 1.54) is 17.8 Å². The van der Waals surface area contributed by atoms with Crippen molar-refractivity contribution in [2.45, 2.75) is 35.6 Å². The monoisotopic (exact) mass is 404 g/mol. The maximum atomic E-state index is 13.4. The number of hydrogen-bond donors (Lipinski definition) is 0. The first-order valence-corrected chi connectivity index (χ1v) is 10.3. The molecule has 5 nitrogen and oxygen atoms in total. The van der Waals surface area contributed by atoms with Crippen LogP contribution in [0.2, 0.25) is 0 Å². The molecule has 0 bridgehead atoms. The number of allylic oxidation sites excluding steroid dienone is 1. The van der Waals surface area contributed by atoms with E-state index in [1.54, 1.807) is 11.0 Å². The molecule has 0 aliphatic carbocycles. The Kier molecular flexibility index (Phi) is 5.16. The van der Waals surface area contributed by atoms with Crippen molar-refractivity contribution in [1.29, 1.82) is 5.26 Å². The van der Waals surface area contributed by atoms with Crippen molar-refractivity contribution in [3.63, 3.8) is 0 Å². The van der Waals surface area contributed by atoms with Crippen LogP contribution in [-0.2, 0) is 14.3 Å². The van der Waals surface area contributed by atoms with E-state index in [0.29, 0.717) is 6.42 Å². The van der Waals surface area contributed by atoms with Crippen molar-refractivity contribution >= 4 is 23.6 Å². The smallest absolute Gasteiger partial charge is 0.331 e. The molecule has 3 atom stereocenters. The number of β-lactam (4-membered cyclic amide) rings is 1. The molecule has 0 radical (unpaired) electrons. The number of carbonyl (C=O) groups excluding carboxylic acids is 2. The van der Waals surface area contributed by atoms with Crippen molar-refractivity contribution in [1.82, 2.24) is 4.90 Å². The summed E-state index contributed by atoms with van der Waals surface area (Å²) in [5, 5.41) is 8.91. The molecular formula is C23H20N2O3S. The minimum atomic E-state index is -0.765. The third-order valence-electron chi connectivity index (χ3n) is 5.31. The van der Waals surface area contributed by atoms with E-state index in [9.17, 15) is 9.59 Å². The lowest BCUT2D eigenvalue weighted by atomic mass is 9.95. The molecule has 2 heterocycles. The number of carbonyl (C=O) groups is 2. The van der Waals surface area contributed by atoms with E-state index in [-0.39, 0.29) is 11.3 Å². The van der Waals surface area contributed by atoms with Crippen molar-refractivity contribution in [3.05, 3.63) is 83.9 Å². The molecule has 0 spiro atoms. The molecule has 2 aliphatic rings. The normalized spacial score (nSPS) is 25.6. The van der Waals surface area contributed by atoms with Crippen LogP contribution in [0.25, 0.3) is 0 Å². The summed E-state index contributed by atoms with van der Waals surface area (Å²) in [6.07, 6.45) is 2.91. The minimum absolute atomic E-state index is 0.0553. The molecule has 2 fully saturated rings. The van der Waals surface area contributed by atoms with Gasteiger partial charge in [0.1, 0.15) is 6.04 Å². The summed E-state index contributed by atoms with van der Waals surface area (Å²) >= 11 is 1.53. The molecule has 2 saturated heterocycles. The summed E-state index contributed by atoms with van der Waals surface area (Å²) in [4.78, 5) is 27.2. The first-order valence-electron chi connectivity index (χ1n) is 9.40. The SMILES string of the molecule is C[C@@]1(/C=C/C#N)S[C@@H]2CC(=O)N2[C@H]1C(=O)OC(c1ccccc1)c1ccccc1. The highest BCUT2D eigenvalue weighted by molar-refractivity contribution is 8.01. The molecule has 2 aromatic rings. The van der Waals surface area contributed by atoms with Gasteiger partial charge in [-0.2, -0.15) is 5.26 Å². The Hall–Kier alpha value is -3.04. The van der Waals surface area contributed by atoms with Gasteiger partial charge in [-0.3, -0.25) is 4.79 Å². The van der Waals surface area contributed by atoms with E-state index < -0.39 is 22.9 Å². The summed E-state index contributed by atoms with van der Waals surface area (Å²) in [5.41, 5.74) is 1.72. The van der Waals surface area contributed by atoms with Gasteiger partial charge in [0.2, 0.25) is 5.91 Å². The number of rotatable bonds is 5. The van der Waals surface area contributed by atoms with Crippen LogP contribution in [-0.4, -0.2) is 32.9 Å². The largest absolute Gasteiger partial charge is 0.451 e. The van der Waals surface area contributed by atoms with Gasteiger partial charge in [0.25, 0.3) is 0 Å². The van der Waals surface area contributed by atoms with Crippen molar-refractivity contribution < 1.29 is 14.3 Å². The lowest BCUT2D eigenvalue weighted by Gasteiger charge is -2.38. The highest BCUT2D eigenvalue weighted by Crippen LogP contribution is 2.52. The number of hydrogen-bond acceptors (Lipinski definition) is 5. The summed E-state index contributed by atoms with van der Waals surface area (Å²) < 4.78 is 5.31. The topological polar surface area (TPSA) is 70.4 Å². The van der Waals surface area contributed by atoms with Crippen LogP contribution >= 0.6 is 11.8 Å². The number of amides is 1. The fraction of sp³-hybridized carbons (Fsp3) is 0.261. The molecule has 2 aliphatic heterocycles. The Morgan fingerprint density at radius 2 is 1.79 bits per heavy atom. The minimum Gasteiger partial charge on any atom is -0.451 e. The quantitative estimate of drug-likeness (QED) is 0.430. The third-order valence-corrected chi connectivity index (χ3v) is 6.84. The van der Waals surface area contributed by atoms with Crippen LogP contribution in [0.4, 0.5) is 0 Å². The van der Waals surface area contributed by atoms with E-state index in [4.69, 9.17) is 10.00 Å². The zero-order chi connectivity index (χ0) is 20.4. The number of ether oxygens (including phenoxy) is 1. The molecule has 0 unspecified atom stereocenters. The Bertz CT molecular complexity index is 947. The third kappa shape index (κ3) is 3.54. The zero-order valence-electron chi connectivity index (χ0n) is 15.9. The average molecular weight is 404 g/mol. The van der Waals surface area contributed by atoms with Crippen LogP contribution in [0.15, 0.2) is 72.8 Å². The fourth-order valence-corrected chi connectivity index (χ4v) is 5.54. The molecule has 29 heavy (non-hydrogen) atoms. The highest BCUT2D eigenvalue weighted by atomic mass is 32.2. The first-order chi connectivity index (χ1) is 14.0. The Balaban J connectivity index is 1.67. The predicted octanol–water partition coefficient (Wildman–Crippen LogP) is 3.83. The van der Waals surface area contributed by atoms with Gasteiger partial charge < -0.3 is 9.64 Å². The van der Waals surface area contributed by atoms with Crippen molar-refractivity contribution in [3.8, 4) is 6.07 Å². The summed E-state index contributed by atoms with van der Waals surface area (Å²) in [5.74, 6) is -0.523. The molecule has 0 aromatic heterocycles. The summed E-state index contributed by atoms with van der Waals surface area (Å²) in [6.45, 7) is 1.88. The van der Waals surface area contributed by atoms with Gasteiger partial charge in [0, 0.05) is 6.08 Å². The maximum Gasteiger partial charge on any atom is 0.331 e. The number of thioether (sulfide) groups is 1. The number of nitrogens with zero attached hydrogens (tertiary/aromatic N) is 2. The second-order valence-electron chi connectivity index (χ2n) is 7.26. The van der Waals surface area contributed by atoms with E-state index in [2.05, 4.69) is 0 Å². The van der Waals surface area contributed by atoms with Gasteiger partial charge in [-0.05, 0) is 18.1 Å². The number of fused-ring (bicyclic) bond motifs is 1. The van der Waals surface area contributed by atoms with Crippen LogP contribution in [0, 0.1) is 11.3 Å². The molecule has 0 saturated carbocycles. The molecule has 4 rings (SSSR count). The van der Waals surface area contributed by atoms with Crippen LogP contribution in [0.5, 0.6) is 0 Å². The van der Waals surface area contributed by atoms with Gasteiger partial charge in [-0.15, -0.1) is 11.8 Å². The standard InChI is InChI=1S/C23H20N2O3S/c1-23(13-8-14-24)21(25-18(26)15-19(25)29-23)22(27)28-20(16-9-4-2-5-10-16)17-11-6-3-7-12-17/h2-13,19-21H,15H2,1H3/b13-8+/t19-,21+,23+/m1/s1. The molecule has 6 heteroatoms. The summed E-state index contributed by atoms with van der Waals surface area (Å²) in [6, 6.07) is 20.3. The Morgan fingerprint density at radius 1 is 1.21 bits per heavy atom. The number of benzene rings is 2. The van der Waals surface area contributed by atoms with Crippen molar-refractivity contribution in [2.75, 3.05) is 0 Å². The lowest BCUT2D eigenvalue weighted by molar-refractivity contribution is -0.163. The van der Waals surface area contributed by atoms with E-state index in [0.717, 1.165) is 11.1 Å². The number of esters is 1. The van der Waals surface area contributed by atoms with E-state index in [1.807, 2.05) is 73.7 Å². The lowest BCUT2D eigenvalue weighted by Crippen LogP contribution is -2.57. The van der Waals surface area contributed by atoms with Crippen LogP contribution in [0.3, 0.4) is 0 Å². The molecule has 0 N–H and O–H groups in total. The summed E-state index contributed by atoms with van der Waals surface area (Å²) in [7, 11) is 0.